The molecule has 0 aliphatic heterocycles. The Kier molecular flexibility index (Phi) is 6.16. The molecule has 21 heavy (non-hydrogen) atoms. The molecular weight excluding hydrogens is 342 g/mol. The minimum absolute atomic E-state index is 0.202. The summed E-state index contributed by atoms with van der Waals surface area (Å²) in [5.74, 6) is -1.43. The maximum Gasteiger partial charge on any atom is 0.340 e. The van der Waals surface area contributed by atoms with Gasteiger partial charge in [-0.25, -0.2) is 9.59 Å². The summed E-state index contributed by atoms with van der Waals surface area (Å²) in [5, 5.41) is 4.46. The highest BCUT2D eigenvalue weighted by molar-refractivity contribution is 9.10. The molecule has 4 N–H and O–H groups in total. The molecule has 7 nitrogen and oxygen atoms in total. The number of benzene rings is 1. The smallest absolute Gasteiger partial charge is 0.340 e. The molecule has 1 rings (SSSR count). The van der Waals surface area contributed by atoms with Crippen molar-refractivity contribution in [3.05, 3.63) is 28.2 Å². The van der Waals surface area contributed by atoms with Crippen molar-refractivity contribution >= 4 is 39.5 Å². The summed E-state index contributed by atoms with van der Waals surface area (Å²) in [6, 6.07) is 4.08. The topological polar surface area (TPSA) is 111 Å². The predicted octanol–water partition coefficient (Wildman–Crippen LogP) is 1.42. The molecule has 0 aromatic heterocycles. The number of amides is 3. The number of urea groups is 1. The first-order valence-electron chi connectivity index (χ1n) is 6.20. The third kappa shape index (κ3) is 4.75. The first-order valence-corrected chi connectivity index (χ1v) is 6.99. The number of rotatable bonds is 4. The Balaban J connectivity index is 2.68. The van der Waals surface area contributed by atoms with Crippen LogP contribution in [0.5, 0.6) is 0 Å². The summed E-state index contributed by atoms with van der Waals surface area (Å²) < 4.78 is 5.39. The minimum atomic E-state index is -1.12. The lowest BCUT2D eigenvalue weighted by atomic mass is 10.2. The average Bonchev–Trinajstić information content (AvgIpc) is 2.41. The van der Waals surface area contributed by atoms with Crippen molar-refractivity contribution in [2.45, 2.75) is 20.0 Å². The number of imide groups is 1. The number of nitrogens with one attached hydrogen (secondary N) is 2. The van der Waals surface area contributed by atoms with Gasteiger partial charge in [0, 0.05) is 12.2 Å². The van der Waals surface area contributed by atoms with Crippen LogP contribution in [0.4, 0.5) is 10.5 Å². The summed E-state index contributed by atoms with van der Waals surface area (Å²) >= 11 is 3.18. The first-order chi connectivity index (χ1) is 9.86. The second-order valence-corrected chi connectivity index (χ2v) is 4.90. The van der Waals surface area contributed by atoms with Crippen molar-refractivity contribution < 1.29 is 19.1 Å². The zero-order valence-electron chi connectivity index (χ0n) is 11.6. The summed E-state index contributed by atoms with van der Waals surface area (Å²) in [5.41, 5.74) is 6.24. The monoisotopic (exact) mass is 357 g/mol. The summed E-state index contributed by atoms with van der Waals surface area (Å²) in [6.07, 6.45) is -1.12. The van der Waals surface area contributed by atoms with E-state index in [1.807, 2.05) is 0 Å². The van der Waals surface area contributed by atoms with Crippen molar-refractivity contribution in [3.63, 3.8) is 0 Å². The molecule has 1 atom stereocenters. The molecule has 3 amide bonds. The normalized spacial score (nSPS) is 11.4. The van der Waals surface area contributed by atoms with E-state index in [-0.39, 0.29) is 5.56 Å². The molecule has 0 fully saturated rings. The molecule has 8 heteroatoms. The molecule has 1 unspecified atom stereocenters. The number of nitrogen functional groups attached to an aromatic ring is 1. The maximum absolute atomic E-state index is 12.0. The number of carbonyl (C=O) groups is 3. The van der Waals surface area contributed by atoms with Gasteiger partial charge in [-0.15, -0.1) is 0 Å². The van der Waals surface area contributed by atoms with E-state index < -0.39 is 24.0 Å². The highest BCUT2D eigenvalue weighted by atomic mass is 79.9. The van der Waals surface area contributed by atoms with E-state index in [1.54, 1.807) is 19.1 Å². The molecule has 0 heterocycles. The Morgan fingerprint density at radius 2 is 2.05 bits per heavy atom. The SMILES string of the molecule is CCNC(=O)NC(=O)C(C)OC(=O)c1cccc(N)c1Br. The largest absolute Gasteiger partial charge is 0.449 e. The molecule has 0 radical (unpaired) electrons. The molecule has 0 bridgehead atoms. The number of esters is 1. The molecule has 0 spiro atoms. The van der Waals surface area contributed by atoms with Crippen LogP contribution < -0.4 is 16.4 Å². The van der Waals surface area contributed by atoms with Crippen LogP contribution in [-0.4, -0.2) is 30.6 Å². The summed E-state index contributed by atoms with van der Waals surface area (Å²) in [4.78, 5) is 34.8. The Morgan fingerprint density at radius 3 is 2.67 bits per heavy atom. The van der Waals surface area contributed by atoms with Crippen molar-refractivity contribution in [2.75, 3.05) is 12.3 Å². The van der Waals surface area contributed by atoms with Gasteiger partial charge < -0.3 is 15.8 Å². The van der Waals surface area contributed by atoms with Crippen LogP contribution in [0.1, 0.15) is 24.2 Å². The molecular formula is C13H16BrN3O4. The van der Waals surface area contributed by atoms with Crippen LogP contribution in [0.25, 0.3) is 0 Å². The average molecular weight is 358 g/mol. The maximum atomic E-state index is 12.0. The van der Waals surface area contributed by atoms with Crippen LogP contribution in [-0.2, 0) is 9.53 Å². The van der Waals surface area contributed by atoms with Gasteiger partial charge in [-0.05, 0) is 41.9 Å². The lowest BCUT2D eigenvalue weighted by molar-refractivity contribution is -0.127. The second-order valence-electron chi connectivity index (χ2n) is 4.11. The number of ether oxygens (including phenoxy) is 1. The van der Waals surface area contributed by atoms with E-state index in [9.17, 15) is 14.4 Å². The van der Waals surface area contributed by atoms with E-state index in [0.717, 1.165) is 0 Å². The summed E-state index contributed by atoms with van der Waals surface area (Å²) in [7, 11) is 0. The number of carbonyl (C=O) groups excluding carboxylic acids is 3. The number of hydrogen-bond acceptors (Lipinski definition) is 5. The van der Waals surface area contributed by atoms with Crippen molar-refractivity contribution in [3.8, 4) is 0 Å². The van der Waals surface area contributed by atoms with Gasteiger partial charge in [0.1, 0.15) is 0 Å². The first kappa shape index (κ1) is 17.0. The fourth-order valence-electron chi connectivity index (χ4n) is 1.40. The van der Waals surface area contributed by atoms with Gasteiger partial charge in [-0.3, -0.25) is 10.1 Å². The second kappa shape index (κ2) is 7.63. The Hall–Kier alpha value is -2.09. The summed E-state index contributed by atoms with van der Waals surface area (Å²) in [6.45, 7) is 3.46. The third-order valence-electron chi connectivity index (χ3n) is 2.48. The van der Waals surface area contributed by atoms with Gasteiger partial charge in [0.25, 0.3) is 5.91 Å². The van der Waals surface area contributed by atoms with E-state index in [4.69, 9.17) is 10.5 Å². The van der Waals surface area contributed by atoms with Gasteiger partial charge in [0.2, 0.25) is 0 Å². The van der Waals surface area contributed by atoms with Crippen molar-refractivity contribution in [1.82, 2.24) is 10.6 Å². The molecule has 0 aliphatic carbocycles. The number of hydrogen-bond donors (Lipinski definition) is 3. The fraction of sp³-hybridized carbons (Fsp3) is 0.308. The number of halogens is 1. The Morgan fingerprint density at radius 1 is 1.38 bits per heavy atom. The highest BCUT2D eigenvalue weighted by Gasteiger charge is 2.22. The lowest BCUT2D eigenvalue weighted by Gasteiger charge is -2.14. The van der Waals surface area contributed by atoms with Gasteiger partial charge in [-0.1, -0.05) is 6.07 Å². The highest BCUT2D eigenvalue weighted by Crippen LogP contribution is 2.24. The fourth-order valence-corrected chi connectivity index (χ4v) is 1.83. The van der Waals surface area contributed by atoms with Crippen LogP contribution in [0, 0.1) is 0 Å². The Bertz CT molecular complexity index is 562. The Labute approximate surface area is 130 Å². The van der Waals surface area contributed by atoms with Gasteiger partial charge in [0.15, 0.2) is 6.10 Å². The van der Waals surface area contributed by atoms with Crippen LogP contribution >= 0.6 is 15.9 Å². The van der Waals surface area contributed by atoms with E-state index in [0.29, 0.717) is 16.7 Å². The van der Waals surface area contributed by atoms with Crippen molar-refractivity contribution in [1.29, 1.82) is 0 Å². The van der Waals surface area contributed by atoms with Gasteiger partial charge >= 0.3 is 12.0 Å². The zero-order valence-corrected chi connectivity index (χ0v) is 13.2. The lowest BCUT2D eigenvalue weighted by Crippen LogP contribution is -2.44. The van der Waals surface area contributed by atoms with E-state index in [1.165, 1.54) is 13.0 Å². The molecule has 0 saturated carbocycles. The number of anilines is 1. The van der Waals surface area contributed by atoms with E-state index >= 15 is 0 Å². The molecule has 114 valence electrons. The molecule has 0 aliphatic rings. The standard InChI is InChI=1S/C13H16BrN3O4/c1-3-16-13(20)17-11(18)7(2)21-12(19)8-5-4-6-9(15)10(8)14/h4-7H,3,15H2,1-2H3,(H2,16,17,18,20). The molecule has 1 aromatic rings. The third-order valence-corrected chi connectivity index (χ3v) is 3.36. The minimum Gasteiger partial charge on any atom is -0.449 e. The van der Waals surface area contributed by atoms with Gasteiger partial charge in [0.05, 0.1) is 10.0 Å². The van der Waals surface area contributed by atoms with Crippen LogP contribution in [0.15, 0.2) is 22.7 Å². The van der Waals surface area contributed by atoms with E-state index in [2.05, 4.69) is 26.6 Å². The van der Waals surface area contributed by atoms with Crippen LogP contribution in [0.3, 0.4) is 0 Å². The van der Waals surface area contributed by atoms with Gasteiger partial charge in [-0.2, -0.15) is 0 Å². The predicted molar refractivity (Wildman–Crippen MR) is 80.6 cm³/mol. The van der Waals surface area contributed by atoms with Crippen molar-refractivity contribution in [2.24, 2.45) is 0 Å². The zero-order chi connectivity index (χ0) is 16.0. The van der Waals surface area contributed by atoms with Crippen LogP contribution in [0.2, 0.25) is 0 Å². The molecule has 1 aromatic carbocycles. The number of nitrogens with two attached hydrogens (primary N) is 1. The molecule has 0 saturated heterocycles. The quantitative estimate of drug-likeness (QED) is 0.557.